The zero-order valence-electron chi connectivity index (χ0n) is 12.3. The molecule has 6 nitrogen and oxygen atoms in total. The van der Waals surface area contributed by atoms with Gasteiger partial charge in [-0.1, -0.05) is 18.2 Å². The third kappa shape index (κ3) is 2.62. The Morgan fingerprint density at radius 2 is 1.96 bits per heavy atom. The largest absolute Gasteiger partial charge is 0.365 e. The van der Waals surface area contributed by atoms with Crippen molar-refractivity contribution >= 4 is 16.9 Å². The fraction of sp³-hybridized carbons (Fsp3) is 0.0588. The number of fused-ring (bicyclic) bond motifs is 1. The molecule has 23 heavy (non-hydrogen) atoms. The summed E-state index contributed by atoms with van der Waals surface area (Å²) in [5.74, 6) is 0.779. The predicted molar refractivity (Wildman–Crippen MR) is 87.0 cm³/mol. The summed E-state index contributed by atoms with van der Waals surface area (Å²) in [5.41, 5.74) is 2.91. The van der Waals surface area contributed by atoms with E-state index in [1.54, 1.807) is 12.5 Å². The molecule has 0 aliphatic carbocycles. The number of anilines is 1. The molecule has 112 valence electrons. The highest BCUT2D eigenvalue weighted by molar-refractivity contribution is 5.87. The Kier molecular flexibility index (Phi) is 3.40. The molecular weight excluding hydrogens is 288 g/mol. The van der Waals surface area contributed by atoms with E-state index in [4.69, 9.17) is 0 Å². The molecule has 0 aliphatic heterocycles. The van der Waals surface area contributed by atoms with Gasteiger partial charge < -0.3 is 5.32 Å². The van der Waals surface area contributed by atoms with Crippen molar-refractivity contribution in [1.29, 1.82) is 0 Å². The fourth-order valence-electron chi connectivity index (χ4n) is 2.47. The van der Waals surface area contributed by atoms with Gasteiger partial charge in [0.25, 0.3) is 0 Å². The number of hydrogen-bond donors (Lipinski definition) is 1. The van der Waals surface area contributed by atoms with Crippen molar-refractivity contribution in [3.8, 4) is 5.69 Å². The van der Waals surface area contributed by atoms with E-state index in [1.165, 1.54) is 0 Å². The van der Waals surface area contributed by atoms with Gasteiger partial charge in [-0.25, -0.2) is 19.6 Å². The standard InChI is InChI=1S/C17H14N6/c1-2-6-14(7-3-1)23-17-15(11-22-23)16(20-12-21-17)19-10-13-5-4-8-18-9-13/h1-9,11-12H,10H2,(H,19,20,21)/p+1. The summed E-state index contributed by atoms with van der Waals surface area (Å²) in [5, 5.41) is 8.69. The number of benzene rings is 1. The summed E-state index contributed by atoms with van der Waals surface area (Å²) in [6.07, 6.45) is 7.19. The van der Waals surface area contributed by atoms with Gasteiger partial charge in [-0.2, -0.15) is 5.10 Å². The number of para-hydroxylation sites is 1. The SMILES string of the molecule is c1ccc(-n2ncc3c(NCc4ccc[nH+]c4)ncnc32)cc1. The number of H-pyrrole nitrogens is 1. The molecule has 0 unspecified atom stereocenters. The van der Waals surface area contributed by atoms with Crippen LogP contribution in [0.4, 0.5) is 5.82 Å². The molecule has 0 amide bonds. The Bertz CT molecular complexity index is 918. The van der Waals surface area contributed by atoms with E-state index in [0.29, 0.717) is 6.54 Å². The number of nitrogens with one attached hydrogen (secondary N) is 2. The lowest BCUT2D eigenvalue weighted by Crippen LogP contribution is -2.07. The van der Waals surface area contributed by atoms with Crippen LogP contribution in [0.5, 0.6) is 0 Å². The summed E-state index contributed by atoms with van der Waals surface area (Å²) < 4.78 is 1.82. The van der Waals surface area contributed by atoms with Crippen molar-refractivity contribution in [3.63, 3.8) is 0 Å². The second-order valence-corrected chi connectivity index (χ2v) is 5.12. The van der Waals surface area contributed by atoms with Crippen LogP contribution in [0.2, 0.25) is 0 Å². The van der Waals surface area contributed by atoms with Gasteiger partial charge in [0.15, 0.2) is 18.0 Å². The van der Waals surface area contributed by atoms with Crippen molar-refractivity contribution in [3.05, 3.63) is 72.9 Å². The van der Waals surface area contributed by atoms with Gasteiger partial charge in [-0.15, -0.1) is 0 Å². The van der Waals surface area contributed by atoms with Crippen LogP contribution in [-0.2, 0) is 6.54 Å². The minimum atomic E-state index is 0.681. The number of hydrogen-bond acceptors (Lipinski definition) is 4. The Hall–Kier alpha value is -3.28. The first kappa shape index (κ1) is 13.4. The lowest BCUT2D eigenvalue weighted by Gasteiger charge is -2.06. The monoisotopic (exact) mass is 303 g/mol. The Morgan fingerprint density at radius 1 is 1.04 bits per heavy atom. The molecule has 4 rings (SSSR count). The fourth-order valence-corrected chi connectivity index (χ4v) is 2.47. The first-order valence-electron chi connectivity index (χ1n) is 7.35. The topological polar surface area (TPSA) is 69.8 Å². The minimum absolute atomic E-state index is 0.681. The van der Waals surface area contributed by atoms with Crippen LogP contribution in [0.15, 0.2) is 67.4 Å². The van der Waals surface area contributed by atoms with E-state index in [9.17, 15) is 0 Å². The lowest BCUT2D eigenvalue weighted by molar-refractivity contribution is -0.378. The van der Waals surface area contributed by atoms with Crippen LogP contribution < -0.4 is 10.3 Å². The second-order valence-electron chi connectivity index (χ2n) is 5.12. The molecule has 0 fully saturated rings. The Labute approximate surface area is 132 Å². The van der Waals surface area contributed by atoms with Crippen molar-refractivity contribution in [1.82, 2.24) is 19.7 Å². The summed E-state index contributed by atoms with van der Waals surface area (Å²) in [7, 11) is 0. The molecule has 1 aromatic carbocycles. The molecule has 0 radical (unpaired) electrons. The van der Waals surface area contributed by atoms with Gasteiger partial charge in [0.1, 0.15) is 12.1 Å². The Morgan fingerprint density at radius 3 is 2.78 bits per heavy atom. The van der Waals surface area contributed by atoms with Gasteiger partial charge >= 0.3 is 0 Å². The predicted octanol–water partition coefficient (Wildman–Crippen LogP) is 2.24. The maximum atomic E-state index is 4.45. The first-order chi connectivity index (χ1) is 11.4. The molecule has 6 heteroatoms. The van der Waals surface area contributed by atoms with Crippen LogP contribution in [0.25, 0.3) is 16.7 Å². The van der Waals surface area contributed by atoms with E-state index in [2.05, 4.69) is 31.4 Å². The molecule has 0 bridgehead atoms. The molecule has 0 saturated carbocycles. The zero-order chi connectivity index (χ0) is 15.5. The highest BCUT2D eigenvalue weighted by Crippen LogP contribution is 2.21. The van der Waals surface area contributed by atoms with Crippen LogP contribution in [-0.4, -0.2) is 19.7 Å². The summed E-state index contributed by atoms with van der Waals surface area (Å²) >= 11 is 0. The van der Waals surface area contributed by atoms with Gasteiger partial charge in [-0.3, -0.25) is 0 Å². The minimum Gasteiger partial charge on any atom is -0.365 e. The molecule has 0 atom stereocenters. The molecule has 3 heterocycles. The Balaban J connectivity index is 1.68. The van der Waals surface area contributed by atoms with Crippen LogP contribution >= 0.6 is 0 Å². The second kappa shape index (κ2) is 5.84. The molecule has 0 saturated heterocycles. The van der Waals surface area contributed by atoms with E-state index in [1.807, 2.05) is 53.5 Å². The molecule has 3 aromatic heterocycles. The average Bonchev–Trinajstić information content (AvgIpc) is 3.06. The zero-order valence-corrected chi connectivity index (χ0v) is 12.3. The third-order valence-corrected chi connectivity index (χ3v) is 3.60. The summed E-state index contributed by atoms with van der Waals surface area (Å²) in [4.78, 5) is 11.8. The summed E-state index contributed by atoms with van der Waals surface area (Å²) in [6.45, 7) is 0.681. The maximum absolute atomic E-state index is 4.45. The van der Waals surface area contributed by atoms with E-state index >= 15 is 0 Å². The smallest absolute Gasteiger partial charge is 0.171 e. The lowest BCUT2D eigenvalue weighted by atomic mass is 10.3. The molecular formula is C17H15N6+. The molecule has 4 aromatic rings. The van der Waals surface area contributed by atoms with Gasteiger partial charge in [0, 0.05) is 18.2 Å². The number of aromatic nitrogens is 5. The molecule has 2 N–H and O–H groups in total. The average molecular weight is 303 g/mol. The van der Waals surface area contributed by atoms with Crippen molar-refractivity contribution in [2.24, 2.45) is 0 Å². The number of pyridine rings is 1. The van der Waals surface area contributed by atoms with Crippen LogP contribution in [0.1, 0.15) is 5.56 Å². The van der Waals surface area contributed by atoms with Crippen molar-refractivity contribution < 1.29 is 4.98 Å². The van der Waals surface area contributed by atoms with Crippen LogP contribution in [0.3, 0.4) is 0 Å². The third-order valence-electron chi connectivity index (χ3n) is 3.60. The van der Waals surface area contributed by atoms with Crippen molar-refractivity contribution in [2.45, 2.75) is 6.54 Å². The first-order valence-corrected chi connectivity index (χ1v) is 7.35. The number of aromatic amines is 1. The van der Waals surface area contributed by atoms with E-state index < -0.39 is 0 Å². The quantitative estimate of drug-likeness (QED) is 0.628. The highest BCUT2D eigenvalue weighted by Gasteiger charge is 2.10. The number of nitrogens with zero attached hydrogens (tertiary/aromatic N) is 4. The summed E-state index contributed by atoms with van der Waals surface area (Å²) in [6, 6.07) is 14.0. The maximum Gasteiger partial charge on any atom is 0.171 e. The van der Waals surface area contributed by atoms with E-state index in [-0.39, 0.29) is 0 Å². The van der Waals surface area contributed by atoms with E-state index in [0.717, 1.165) is 28.1 Å². The normalized spacial score (nSPS) is 10.8. The highest BCUT2D eigenvalue weighted by atomic mass is 15.3. The molecule has 0 spiro atoms. The van der Waals surface area contributed by atoms with Gasteiger partial charge in [0.05, 0.1) is 17.3 Å². The molecule has 0 aliphatic rings. The van der Waals surface area contributed by atoms with Gasteiger partial charge in [0.2, 0.25) is 0 Å². The van der Waals surface area contributed by atoms with Crippen LogP contribution in [0, 0.1) is 0 Å². The number of rotatable bonds is 4. The van der Waals surface area contributed by atoms with Crippen molar-refractivity contribution in [2.75, 3.05) is 5.32 Å². The van der Waals surface area contributed by atoms with Gasteiger partial charge in [-0.05, 0) is 18.2 Å².